The molecule has 4 nitrogen and oxygen atoms in total. The highest BCUT2D eigenvalue weighted by Gasteiger charge is 2.35. The summed E-state index contributed by atoms with van der Waals surface area (Å²) in [6, 6.07) is 7.43. The number of carbonyl (C=O) groups is 2. The summed E-state index contributed by atoms with van der Waals surface area (Å²) in [4.78, 5) is 24.9. The van der Waals surface area contributed by atoms with Crippen LogP contribution in [0.2, 0.25) is 0 Å². The number of carbonyl (C=O) groups excluding carboxylic acids is 2. The Morgan fingerprint density at radius 1 is 1.08 bits per heavy atom. The highest BCUT2D eigenvalue weighted by Crippen LogP contribution is 2.29. The van der Waals surface area contributed by atoms with Crippen molar-refractivity contribution in [3.05, 3.63) is 49.5 Å². The number of ether oxygens (including phenoxy) is 1. The summed E-state index contributed by atoms with van der Waals surface area (Å²) in [6.45, 7) is -0.214. The van der Waals surface area contributed by atoms with Crippen molar-refractivity contribution in [3.8, 4) is 0 Å². The first-order chi connectivity index (χ1) is 11.9. The lowest BCUT2D eigenvalue weighted by atomic mass is 9.82. The second kappa shape index (κ2) is 9.80. The third kappa shape index (κ3) is 6.16. The zero-order valence-electron chi connectivity index (χ0n) is 13.0. The van der Waals surface area contributed by atoms with Gasteiger partial charge in [-0.15, -0.1) is 0 Å². The van der Waals surface area contributed by atoms with Crippen molar-refractivity contribution >= 4 is 75.0 Å². The predicted octanol–water partition coefficient (Wildman–Crippen LogP) is 5.24. The van der Waals surface area contributed by atoms with E-state index in [0.29, 0.717) is 18.5 Å². The summed E-state index contributed by atoms with van der Waals surface area (Å²) in [7, 11) is 0. The molecule has 1 aromatic carbocycles. The number of halogens is 4. The molecule has 2 rings (SSSR count). The molecule has 0 unspecified atom stereocenters. The molecule has 0 radical (unpaired) electrons. The van der Waals surface area contributed by atoms with E-state index in [-0.39, 0.29) is 22.0 Å². The van der Waals surface area contributed by atoms with Gasteiger partial charge in [-0.1, -0.05) is 47.0 Å². The molecule has 134 valence electrons. The molecule has 0 aliphatic heterocycles. The van der Waals surface area contributed by atoms with Crippen molar-refractivity contribution in [3.63, 3.8) is 0 Å². The molecule has 1 N–H and O–H groups in total. The van der Waals surface area contributed by atoms with Gasteiger partial charge in [0.15, 0.2) is 0 Å². The largest absolute Gasteiger partial charge is 0.460 e. The summed E-state index contributed by atoms with van der Waals surface area (Å²) in [5.41, 5.74) is 0.687. The highest BCUT2D eigenvalue weighted by molar-refractivity contribution is 14.1. The Labute approximate surface area is 174 Å². The van der Waals surface area contributed by atoms with Gasteiger partial charge in [-0.05, 0) is 59.7 Å². The molecule has 0 saturated heterocycles. The molecular weight excluding hydrogens is 499 g/mol. The molecule has 1 aliphatic rings. The minimum absolute atomic E-state index is 0.0444. The van der Waals surface area contributed by atoms with Gasteiger partial charge in [-0.25, -0.2) is 0 Å². The van der Waals surface area contributed by atoms with Crippen molar-refractivity contribution in [1.29, 1.82) is 0 Å². The number of anilines is 1. The average Bonchev–Trinajstić information content (AvgIpc) is 2.61. The van der Waals surface area contributed by atoms with Crippen LogP contribution in [0.1, 0.15) is 12.8 Å². The van der Waals surface area contributed by atoms with Gasteiger partial charge in [0.1, 0.15) is 11.1 Å². The summed E-state index contributed by atoms with van der Waals surface area (Å²) in [6.07, 6.45) is 4.66. The molecule has 2 atom stereocenters. The maximum Gasteiger partial charge on any atom is 0.310 e. The summed E-state index contributed by atoms with van der Waals surface area (Å²) < 4.78 is 6.06. The zero-order chi connectivity index (χ0) is 18.4. The first kappa shape index (κ1) is 20.6. The van der Waals surface area contributed by atoms with E-state index in [4.69, 9.17) is 39.5 Å². The Bertz CT molecular complexity index is 700. The van der Waals surface area contributed by atoms with E-state index in [1.54, 1.807) is 0 Å². The minimum Gasteiger partial charge on any atom is -0.460 e. The summed E-state index contributed by atoms with van der Waals surface area (Å²) in [5, 5.41) is 2.89. The Morgan fingerprint density at radius 3 is 2.28 bits per heavy atom. The van der Waals surface area contributed by atoms with Crippen LogP contribution in [-0.2, 0) is 14.3 Å². The van der Waals surface area contributed by atoms with Gasteiger partial charge in [0.25, 0.3) is 0 Å². The smallest absolute Gasteiger partial charge is 0.310 e. The molecule has 1 aliphatic carbocycles. The molecule has 0 aromatic heterocycles. The molecule has 8 heteroatoms. The third-order valence-corrected chi connectivity index (χ3v) is 5.40. The molecule has 1 amide bonds. The van der Waals surface area contributed by atoms with E-state index in [9.17, 15) is 9.59 Å². The Hall–Kier alpha value is -0.760. The molecular formula is C17H15Cl3INO3. The van der Waals surface area contributed by atoms with Gasteiger partial charge >= 0.3 is 5.97 Å². The Kier molecular flexibility index (Phi) is 8.06. The van der Waals surface area contributed by atoms with E-state index < -0.39 is 17.8 Å². The van der Waals surface area contributed by atoms with Crippen LogP contribution in [-0.4, -0.2) is 18.5 Å². The van der Waals surface area contributed by atoms with Crippen molar-refractivity contribution in [2.75, 3.05) is 11.9 Å². The number of benzene rings is 1. The van der Waals surface area contributed by atoms with Crippen LogP contribution in [0.3, 0.4) is 0 Å². The minimum atomic E-state index is -0.576. The van der Waals surface area contributed by atoms with E-state index >= 15 is 0 Å². The quantitative estimate of drug-likeness (QED) is 0.332. The lowest BCUT2D eigenvalue weighted by molar-refractivity contribution is -0.151. The molecule has 25 heavy (non-hydrogen) atoms. The van der Waals surface area contributed by atoms with Crippen LogP contribution in [0, 0.1) is 15.4 Å². The molecule has 0 fully saturated rings. The van der Waals surface area contributed by atoms with Gasteiger partial charge < -0.3 is 10.1 Å². The number of amides is 1. The van der Waals surface area contributed by atoms with Crippen LogP contribution in [0.5, 0.6) is 0 Å². The molecule has 0 heterocycles. The van der Waals surface area contributed by atoms with Crippen molar-refractivity contribution in [1.82, 2.24) is 0 Å². The maximum atomic E-state index is 12.6. The first-order valence-electron chi connectivity index (χ1n) is 7.46. The van der Waals surface area contributed by atoms with Crippen molar-refractivity contribution < 1.29 is 14.3 Å². The summed E-state index contributed by atoms with van der Waals surface area (Å²) in [5.74, 6) is -1.80. The monoisotopic (exact) mass is 513 g/mol. The maximum absolute atomic E-state index is 12.6. The fraction of sp³-hybridized carbons (Fsp3) is 0.294. The van der Waals surface area contributed by atoms with Crippen molar-refractivity contribution in [2.45, 2.75) is 12.8 Å². The Balaban J connectivity index is 2.03. The number of allylic oxidation sites excluding steroid dienone is 2. The second-order valence-electron chi connectivity index (χ2n) is 5.42. The van der Waals surface area contributed by atoms with Crippen LogP contribution < -0.4 is 5.32 Å². The molecule has 0 spiro atoms. The standard InChI is InChI=1S/C17H15Cl3INO3/c18-14(15(19)20)9-25-17(24)13-4-2-1-3-12(13)16(23)22-11-7-5-10(21)6-8-11/h1-2,5-8,12-13H,3-4,9H2,(H,22,23)/t12-,13+/m1/s1. The van der Waals surface area contributed by atoms with E-state index in [1.165, 1.54) is 0 Å². The highest BCUT2D eigenvalue weighted by atomic mass is 127. The second-order valence-corrected chi connectivity index (χ2v) is 8.08. The fourth-order valence-corrected chi connectivity index (χ4v) is 2.95. The predicted molar refractivity (Wildman–Crippen MR) is 109 cm³/mol. The lowest BCUT2D eigenvalue weighted by Crippen LogP contribution is -2.36. The van der Waals surface area contributed by atoms with Crippen LogP contribution >= 0.6 is 57.4 Å². The molecule has 1 aromatic rings. The van der Waals surface area contributed by atoms with Gasteiger partial charge in [0, 0.05) is 9.26 Å². The first-order valence-corrected chi connectivity index (χ1v) is 9.67. The van der Waals surface area contributed by atoms with Crippen LogP contribution in [0.15, 0.2) is 45.9 Å². The zero-order valence-corrected chi connectivity index (χ0v) is 17.4. The number of hydrogen-bond donors (Lipinski definition) is 1. The van der Waals surface area contributed by atoms with Crippen LogP contribution in [0.25, 0.3) is 0 Å². The number of rotatable bonds is 5. The van der Waals surface area contributed by atoms with E-state index in [2.05, 4.69) is 27.9 Å². The van der Waals surface area contributed by atoms with Gasteiger partial charge in [0.05, 0.1) is 16.9 Å². The topological polar surface area (TPSA) is 55.4 Å². The number of hydrogen-bond acceptors (Lipinski definition) is 3. The normalized spacial score (nSPS) is 19.2. The molecule has 0 saturated carbocycles. The van der Waals surface area contributed by atoms with E-state index in [1.807, 2.05) is 36.4 Å². The Morgan fingerprint density at radius 2 is 1.68 bits per heavy atom. The fourth-order valence-electron chi connectivity index (χ4n) is 2.43. The third-order valence-electron chi connectivity index (χ3n) is 3.73. The van der Waals surface area contributed by atoms with E-state index in [0.717, 1.165) is 3.57 Å². The average molecular weight is 515 g/mol. The number of esters is 1. The van der Waals surface area contributed by atoms with Crippen LogP contribution in [0.4, 0.5) is 5.69 Å². The van der Waals surface area contributed by atoms with Gasteiger partial charge in [-0.3, -0.25) is 9.59 Å². The molecule has 0 bridgehead atoms. The summed E-state index contributed by atoms with van der Waals surface area (Å²) >= 11 is 19.0. The van der Waals surface area contributed by atoms with Gasteiger partial charge in [0.2, 0.25) is 5.91 Å². The van der Waals surface area contributed by atoms with Crippen molar-refractivity contribution in [2.24, 2.45) is 11.8 Å². The lowest BCUT2D eigenvalue weighted by Gasteiger charge is -2.26. The SMILES string of the molecule is O=C(OCC(Cl)=C(Cl)Cl)[C@H]1CC=CC[C@H]1C(=O)Nc1ccc(I)cc1. The number of nitrogens with one attached hydrogen (secondary N) is 1. The van der Waals surface area contributed by atoms with Gasteiger partial charge in [-0.2, -0.15) is 0 Å².